The zero-order valence-corrected chi connectivity index (χ0v) is 15.9. The molecule has 0 bridgehead atoms. The fourth-order valence-corrected chi connectivity index (χ4v) is 3.07. The zero-order valence-electron chi connectivity index (χ0n) is 15.1. The van der Waals surface area contributed by atoms with Crippen LogP contribution < -0.4 is 5.32 Å². The van der Waals surface area contributed by atoms with Gasteiger partial charge in [0.2, 0.25) is 0 Å². The van der Waals surface area contributed by atoms with Crippen LogP contribution in [0.25, 0.3) is 0 Å². The van der Waals surface area contributed by atoms with Gasteiger partial charge in [-0.15, -0.1) is 0 Å². The number of carbonyl (C=O) groups is 1. The number of benzene rings is 1. The minimum atomic E-state index is -0.232. The predicted molar refractivity (Wildman–Crippen MR) is 102 cm³/mol. The zero-order chi connectivity index (χ0) is 18.0. The molecule has 5 heteroatoms. The third kappa shape index (κ3) is 4.79. The third-order valence-electron chi connectivity index (χ3n) is 4.28. The van der Waals surface area contributed by atoms with Crippen LogP contribution in [0, 0.1) is 0 Å². The molecule has 1 aliphatic rings. The first-order valence-electron chi connectivity index (χ1n) is 8.80. The Morgan fingerprint density at radius 3 is 2.60 bits per heavy atom. The van der Waals surface area contributed by atoms with Crippen molar-refractivity contribution >= 4 is 17.6 Å². The molecule has 1 aromatic carbocycles. The van der Waals surface area contributed by atoms with E-state index in [0.717, 1.165) is 29.1 Å². The number of aromatic nitrogens is 1. The first kappa shape index (κ1) is 17.9. The van der Waals surface area contributed by atoms with Gasteiger partial charge in [0.05, 0.1) is 6.54 Å². The van der Waals surface area contributed by atoms with Gasteiger partial charge in [-0.25, -0.2) is 4.79 Å². The number of halogens is 1. The van der Waals surface area contributed by atoms with Crippen LogP contribution in [0.5, 0.6) is 0 Å². The van der Waals surface area contributed by atoms with E-state index in [-0.39, 0.29) is 11.6 Å². The van der Waals surface area contributed by atoms with Crippen LogP contribution in [0.15, 0.2) is 42.6 Å². The van der Waals surface area contributed by atoms with Crippen molar-refractivity contribution in [2.24, 2.45) is 0 Å². The maximum Gasteiger partial charge on any atom is 0.318 e. The second-order valence-corrected chi connectivity index (χ2v) is 8.17. The van der Waals surface area contributed by atoms with Gasteiger partial charge in [0.25, 0.3) is 0 Å². The fourth-order valence-electron chi connectivity index (χ4n) is 2.88. The summed E-state index contributed by atoms with van der Waals surface area (Å²) in [5.41, 5.74) is 1.97. The standard InChI is InChI=1S/C20H26ClN3O/c1-20(2,3)22-19(25)24(16-10-11-16)14-17-8-6-12-23(17)13-15-7-4-5-9-18(15)21/h4-9,12,16H,10-11,13-14H2,1-3H3,(H,22,25). The molecule has 2 aromatic rings. The Bertz CT molecular complexity index is 743. The van der Waals surface area contributed by atoms with Crippen LogP contribution in [-0.4, -0.2) is 27.1 Å². The van der Waals surface area contributed by atoms with Crippen molar-refractivity contribution in [2.75, 3.05) is 0 Å². The topological polar surface area (TPSA) is 37.3 Å². The Balaban J connectivity index is 1.75. The van der Waals surface area contributed by atoms with E-state index in [1.165, 1.54) is 0 Å². The van der Waals surface area contributed by atoms with Crippen LogP contribution in [-0.2, 0) is 13.1 Å². The number of amides is 2. The van der Waals surface area contributed by atoms with Gasteiger partial charge in [-0.1, -0.05) is 29.8 Å². The number of nitrogens with one attached hydrogen (secondary N) is 1. The van der Waals surface area contributed by atoms with Crippen LogP contribution >= 0.6 is 11.6 Å². The minimum Gasteiger partial charge on any atom is -0.345 e. The number of hydrogen-bond acceptors (Lipinski definition) is 1. The van der Waals surface area contributed by atoms with E-state index in [1.54, 1.807) is 0 Å². The van der Waals surface area contributed by atoms with E-state index >= 15 is 0 Å². The van der Waals surface area contributed by atoms with E-state index in [0.29, 0.717) is 19.1 Å². The van der Waals surface area contributed by atoms with Crippen molar-refractivity contribution in [3.8, 4) is 0 Å². The molecule has 0 aliphatic heterocycles. The summed E-state index contributed by atoms with van der Waals surface area (Å²) in [7, 11) is 0. The number of nitrogens with zero attached hydrogens (tertiary/aromatic N) is 2. The molecule has 0 radical (unpaired) electrons. The molecule has 1 saturated carbocycles. The highest BCUT2D eigenvalue weighted by Gasteiger charge is 2.34. The van der Waals surface area contributed by atoms with E-state index in [2.05, 4.69) is 16.0 Å². The van der Waals surface area contributed by atoms with Gasteiger partial charge >= 0.3 is 6.03 Å². The van der Waals surface area contributed by atoms with E-state index in [4.69, 9.17) is 11.6 Å². The molecule has 0 atom stereocenters. The van der Waals surface area contributed by atoms with Crippen LogP contribution in [0.4, 0.5) is 4.79 Å². The first-order valence-corrected chi connectivity index (χ1v) is 9.17. The third-order valence-corrected chi connectivity index (χ3v) is 4.65. The quantitative estimate of drug-likeness (QED) is 0.828. The van der Waals surface area contributed by atoms with Gasteiger partial charge in [0, 0.05) is 35.0 Å². The normalized spacial score (nSPS) is 14.4. The van der Waals surface area contributed by atoms with Crippen molar-refractivity contribution in [2.45, 2.75) is 58.3 Å². The van der Waals surface area contributed by atoms with Crippen molar-refractivity contribution in [3.05, 3.63) is 58.9 Å². The molecule has 1 aromatic heterocycles. The minimum absolute atomic E-state index is 0.0143. The average Bonchev–Trinajstić information content (AvgIpc) is 3.26. The van der Waals surface area contributed by atoms with E-state index < -0.39 is 0 Å². The molecule has 2 amide bonds. The van der Waals surface area contributed by atoms with Gasteiger partial charge in [-0.3, -0.25) is 0 Å². The van der Waals surface area contributed by atoms with Crippen molar-refractivity contribution in [3.63, 3.8) is 0 Å². The molecule has 25 heavy (non-hydrogen) atoms. The van der Waals surface area contributed by atoms with Gasteiger partial charge in [-0.2, -0.15) is 0 Å². The summed E-state index contributed by atoms with van der Waals surface area (Å²) in [4.78, 5) is 14.6. The molecule has 1 aliphatic carbocycles. The lowest BCUT2D eigenvalue weighted by molar-refractivity contribution is 0.181. The Kier molecular flexibility index (Phi) is 5.09. The highest BCUT2D eigenvalue weighted by Crippen LogP contribution is 2.29. The number of hydrogen-bond donors (Lipinski definition) is 1. The molecule has 0 unspecified atom stereocenters. The summed E-state index contributed by atoms with van der Waals surface area (Å²) in [6.07, 6.45) is 4.22. The Morgan fingerprint density at radius 2 is 1.96 bits per heavy atom. The molecule has 134 valence electrons. The van der Waals surface area contributed by atoms with Gasteiger partial charge in [0.1, 0.15) is 0 Å². The fraction of sp³-hybridized carbons (Fsp3) is 0.450. The first-order chi connectivity index (χ1) is 11.8. The molecule has 0 saturated heterocycles. The highest BCUT2D eigenvalue weighted by molar-refractivity contribution is 6.31. The van der Waals surface area contributed by atoms with Crippen molar-refractivity contribution in [1.29, 1.82) is 0 Å². The average molecular weight is 360 g/mol. The molecule has 1 fully saturated rings. The summed E-state index contributed by atoms with van der Waals surface area (Å²) in [5, 5.41) is 3.86. The molecular formula is C20H26ClN3O. The maximum absolute atomic E-state index is 12.7. The van der Waals surface area contributed by atoms with Crippen LogP contribution in [0.2, 0.25) is 5.02 Å². The Hall–Kier alpha value is -1.94. The number of rotatable bonds is 5. The lowest BCUT2D eigenvalue weighted by Gasteiger charge is -2.29. The SMILES string of the molecule is CC(C)(C)NC(=O)N(Cc1cccn1Cc1ccccc1Cl)C1CC1. The smallest absolute Gasteiger partial charge is 0.318 e. The summed E-state index contributed by atoms with van der Waals surface area (Å²) in [6.45, 7) is 7.35. The lowest BCUT2D eigenvalue weighted by atomic mass is 10.1. The second-order valence-electron chi connectivity index (χ2n) is 7.76. The second kappa shape index (κ2) is 7.12. The van der Waals surface area contributed by atoms with Crippen LogP contribution in [0.3, 0.4) is 0 Å². The molecule has 4 nitrogen and oxygen atoms in total. The van der Waals surface area contributed by atoms with E-state index in [1.807, 2.05) is 62.2 Å². The van der Waals surface area contributed by atoms with Crippen molar-refractivity contribution < 1.29 is 4.79 Å². The summed E-state index contributed by atoms with van der Waals surface area (Å²) in [5.74, 6) is 0. The Labute approximate surface area is 154 Å². The molecule has 0 spiro atoms. The summed E-state index contributed by atoms with van der Waals surface area (Å²) >= 11 is 6.29. The van der Waals surface area contributed by atoms with Crippen LogP contribution in [0.1, 0.15) is 44.9 Å². The monoisotopic (exact) mass is 359 g/mol. The largest absolute Gasteiger partial charge is 0.345 e. The molecule has 1 N–H and O–H groups in total. The van der Waals surface area contributed by atoms with Gasteiger partial charge in [0.15, 0.2) is 0 Å². The number of urea groups is 1. The Morgan fingerprint density at radius 1 is 1.24 bits per heavy atom. The van der Waals surface area contributed by atoms with E-state index in [9.17, 15) is 4.79 Å². The van der Waals surface area contributed by atoms with Gasteiger partial charge in [-0.05, 0) is 57.4 Å². The van der Waals surface area contributed by atoms with Crippen molar-refractivity contribution in [1.82, 2.24) is 14.8 Å². The maximum atomic E-state index is 12.7. The predicted octanol–water partition coefficient (Wildman–Crippen LogP) is 4.66. The number of carbonyl (C=O) groups excluding carboxylic acids is 1. The summed E-state index contributed by atoms with van der Waals surface area (Å²) < 4.78 is 2.17. The highest BCUT2D eigenvalue weighted by atomic mass is 35.5. The molecular weight excluding hydrogens is 334 g/mol. The molecule has 3 rings (SSSR count). The molecule has 1 heterocycles. The lowest BCUT2D eigenvalue weighted by Crippen LogP contribution is -2.49. The summed E-state index contributed by atoms with van der Waals surface area (Å²) in [6, 6.07) is 12.4. The van der Waals surface area contributed by atoms with Gasteiger partial charge < -0.3 is 14.8 Å².